The minimum absolute atomic E-state index is 0.0310. The van der Waals surface area contributed by atoms with Gasteiger partial charge >= 0.3 is 0 Å². The largest absolute Gasteiger partial charge is 0.367 e. The van der Waals surface area contributed by atoms with Gasteiger partial charge in [-0.3, -0.25) is 24.2 Å². The standard InChI is InChI=1S/C22H29N3O4/c26-20-8-4-9-21(27)24(20)11-5-10-23-13-19-12-18(23)14-25(19)22(28)16-29-15-17-6-2-1-3-7-17/h1-3,6-7,18-19H,4-5,8-16H2. The maximum absolute atomic E-state index is 12.5. The number of piperazine rings is 1. The van der Waals surface area contributed by atoms with Gasteiger partial charge in [0.15, 0.2) is 0 Å². The van der Waals surface area contributed by atoms with Gasteiger partial charge in [0.2, 0.25) is 17.7 Å². The molecule has 2 unspecified atom stereocenters. The van der Waals surface area contributed by atoms with Gasteiger partial charge in [0, 0.05) is 51.1 Å². The number of carbonyl (C=O) groups is 3. The molecule has 156 valence electrons. The van der Waals surface area contributed by atoms with Crippen LogP contribution < -0.4 is 0 Å². The van der Waals surface area contributed by atoms with Gasteiger partial charge in [-0.15, -0.1) is 0 Å². The molecular formula is C22H29N3O4. The highest BCUT2D eigenvalue weighted by atomic mass is 16.5. The molecule has 0 saturated carbocycles. The average molecular weight is 399 g/mol. The summed E-state index contributed by atoms with van der Waals surface area (Å²) < 4.78 is 5.61. The molecule has 0 aliphatic carbocycles. The zero-order valence-electron chi connectivity index (χ0n) is 16.8. The number of benzene rings is 1. The molecule has 3 aliphatic rings. The normalized spacial score (nSPS) is 24.6. The highest BCUT2D eigenvalue weighted by Gasteiger charge is 2.44. The number of rotatable bonds is 8. The fraction of sp³-hybridized carbons (Fsp3) is 0.591. The molecule has 29 heavy (non-hydrogen) atoms. The van der Waals surface area contributed by atoms with Crippen molar-refractivity contribution in [3.8, 4) is 0 Å². The number of piperidine rings is 1. The number of hydrogen-bond donors (Lipinski definition) is 0. The summed E-state index contributed by atoms with van der Waals surface area (Å²) in [5.74, 6) is 0.00512. The molecule has 7 heteroatoms. The van der Waals surface area contributed by atoms with Gasteiger partial charge in [-0.05, 0) is 24.8 Å². The number of likely N-dealkylation sites (tertiary alicyclic amines) is 3. The van der Waals surface area contributed by atoms with E-state index in [9.17, 15) is 14.4 Å². The van der Waals surface area contributed by atoms with Gasteiger partial charge in [0.05, 0.1) is 6.61 Å². The summed E-state index contributed by atoms with van der Waals surface area (Å²) >= 11 is 0. The number of hydrogen-bond acceptors (Lipinski definition) is 5. The lowest BCUT2D eigenvalue weighted by molar-refractivity contribution is -0.148. The first-order chi connectivity index (χ1) is 14.1. The number of amides is 3. The summed E-state index contributed by atoms with van der Waals surface area (Å²) in [5.41, 5.74) is 1.07. The summed E-state index contributed by atoms with van der Waals surface area (Å²) in [4.78, 5) is 42.1. The predicted octanol–water partition coefficient (Wildman–Crippen LogP) is 1.42. The van der Waals surface area contributed by atoms with Crippen molar-refractivity contribution < 1.29 is 19.1 Å². The Balaban J connectivity index is 1.17. The third-order valence-electron chi connectivity index (χ3n) is 6.22. The Hall–Kier alpha value is -2.25. The Morgan fingerprint density at radius 3 is 2.45 bits per heavy atom. The summed E-state index contributed by atoms with van der Waals surface area (Å²) in [5, 5.41) is 0. The SMILES string of the molecule is O=C1CCCC(=O)N1CCCN1CC2CC1CN2C(=O)COCc1ccccc1. The van der Waals surface area contributed by atoms with Gasteiger partial charge in [-0.25, -0.2) is 0 Å². The van der Waals surface area contributed by atoms with Crippen LogP contribution in [0.5, 0.6) is 0 Å². The lowest BCUT2D eigenvalue weighted by atomic mass is 10.1. The minimum Gasteiger partial charge on any atom is -0.367 e. The average Bonchev–Trinajstić information content (AvgIpc) is 3.31. The molecule has 2 bridgehead atoms. The lowest BCUT2D eigenvalue weighted by Crippen LogP contribution is -2.50. The van der Waals surface area contributed by atoms with Crippen molar-refractivity contribution in [2.24, 2.45) is 0 Å². The molecule has 2 atom stereocenters. The smallest absolute Gasteiger partial charge is 0.248 e. The van der Waals surface area contributed by atoms with E-state index in [-0.39, 0.29) is 30.4 Å². The number of carbonyl (C=O) groups excluding carboxylic acids is 3. The van der Waals surface area contributed by atoms with E-state index in [1.165, 1.54) is 4.90 Å². The molecular weight excluding hydrogens is 370 g/mol. The molecule has 7 nitrogen and oxygen atoms in total. The van der Waals surface area contributed by atoms with E-state index in [2.05, 4.69) is 4.90 Å². The van der Waals surface area contributed by atoms with Crippen LogP contribution in [-0.2, 0) is 25.7 Å². The predicted molar refractivity (Wildman–Crippen MR) is 107 cm³/mol. The van der Waals surface area contributed by atoms with E-state index in [0.29, 0.717) is 38.5 Å². The molecule has 3 saturated heterocycles. The quantitative estimate of drug-likeness (QED) is 0.619. The molecule has 3 amide bonds. The molecule has 3 aliphatic heterocycles. The number of ether oxygens (including phenoxy) is 1. The van der Waals surface area contributed by atoms with Crippen LogP contribution in [0.4, 0.5) is 0 Å². The minimum atomic E-state index is -0.0310. The Kier molecular flexibility index (Phi) is 6.25. The first-order valence-electron chi connectivity index (χ1n) is 10.6. The van der Waals surface area contributed by atoms with Crippen LogP contribution in [0.2, 0.25) is 0 Å². The number of fused-ring (bicyclic) bond motifs is 2. The molecule has 3 fully saturated rings. The van der Waals surface area contributed by atoms with Crippen molar-refractivity contribution in [2.75, 3.05) is 32.8 Å². The second-order valence-electron chi connectivity index (χ2n) is 8.21. The number of imide groups is 1. The van der Waals surface area contributed by atoms with Crippen LogP contribution in [0, 0.1) is 0 Å². The topological polar surface area (TPSA) is 70.2 Å². The second kappa shape index (κ2) is 9.05. The van der Waals surface area contributed by atoms with Crippen molar-refractivity contribution in [2.45, 2.75) is 50.8 Å². The highest BCUT2D eigenvalue weighted by molar-refractivity contribution is 5.97. The summed E-state index contributed by atoms with van der Waals surface area (Å²) in [6.07, 6.45) is 3.47. The van der Waals surface area contributed by atoms with Crippen molar-refractivity contribution in [3.63, 3.8) is 0 Å². The van der Waals surface area contributed by atoms with E-state index in [1.54, 1.807) is 0 Å². The first-order valence-corrected chi connectivity index (χ1v) is 10.6. The monoisotopic (exact) mass is 399 g/mol. The maximum atomic E-state index is 12.5. The summed E-state index contributed by atoms with van der Waals surface area (Å²) in [6, 6.07) is 10.5. The Morgan fingerprint density at radius 1 is 1.00 bits per heavy atom. The molecule has 3 heterocycles. The van der Waals surface area contributed by atoms with Gasteiger partial charge in [-0.1, -0.05) is 30.3 Å². The molecule has 1 aromatic carbocycles. The van der Waals surface area contributed by atoms with Crippen LogP contribution in [0.3, 0.4) is 0 Å². The molecule has 0 radical (unpaired) electrons. The van der Waals surface area contributed by atoms with Gasteiger partial charge in [0.1, 0.15) is 6.61 Å². The van der Waals surface area contributed by atoms with Crippen LogP contribution in [0.15, 0.2) is 30.3 Å². The van der Waals surface area contributed by atoms with Crippen molar-refractivity contribution in [3.05, 3.63) is 35.9 Å². The maximum Gasteiger partial charge on any atom is 0.248 e. The fourth-order valence-electron chi connectivity index (χ4n) is 4.72. The zero-order valence-corrected chi connectivity index (χ0v) is 16.8. The summed E-state index contributed by atoms with van der Waals surface area (Å²) in [6.45, 7) is 3.58. The van der Waals surface area contributed by atoms with Crippen molar-refractivity contribution in [1.29, 1.82) is 0 Å². The molecule has 4 rings (SSSR count). The van der Waals surface area contributed by atoms with Crippen molar-refractivity contribution >= 4 is 17.7 Å². The summed E-state index contributed by atoms with van der Waals surface area (Å²) in [7, 11) is 0. The zero-order chi connectivity index (χ0) is 20.2. The molecule has 1 aromatic rings. The van der Waals surface area contributed by atoms with Crippen LogP contribution >= 0.6 is 0 Å². The number of nitrogens with zero attached hydrogens (tertiary/aromatic N) is 3. The van der Waals surface area contributed by atoms with Crippen LogP contribution in [0.25, 0.3) is 0 Å². The van der Waals surface area contributed by atoms with E-state index in [0.717, 1.165) is 38.0 Å². The second-order valence-corrected chi connectivity index (χ2v) is 8.21. The van der Waals surface area contributed by atoms with Crippen LogP contribution in [-0.4, -0.2) is 77.3 Å². The van der Waals surface area contributed by atoms with Gasteiger partial charge < -0.3 is 9.64 Å². The molecule has 0 aromatic heterocycles. The fourth-order valence-corrected chi connectivity index (χ4v) is 4.72. The van der Waals surface area contributed by atoms with E-state index in [4.69, 9.17) is 4.74 Å². The molecule has 0 spiro atoms. The Bertz CT molecular complexity index is 738. The third-order valence-corrected chi connectivity index (χ3v) is 6.22. The Labute approximate surface area is 171 Å². The third kappa shape index (κ3) is 4.67. The van der Waals surface area contributed by atoms with E-state index >= 15 is 0 Å². The van der Waals surface area contributed by atoms with E-state index in [1.807, 2.05) is 35.2 Å². The van der Waals surface area contributed by atoms with Gasteiger partial charge in [0.25, 0.3) is 0 Å². The lowest BCUT2D eigenvalue weighted by Gasteiger charge is -2.34. The van der Waals surface area contributed by atoms with Crippen LogP contribution in [0.1, 0.15) is 37.7 Å². The highest BCUT2D eigenvalue weighted by Crippen LogP contribution is 2.31. The van der Waals surface area contributed by atoms with Gasteiger partial charge in [-0.2, -0.15) is 0 Å². The van der Waals surface area contributed by atoms with Crippen molar-refractivity contribution in [1.82, 2.24) is 14.7 Å². The Morgan fingerprint density at radius 2 is 1.76 bits per heavy atom. The van der Waals surface area contributed by atoms with E-state index < -0.39 is 0 Å². The first kappa shape index (κ1) is 20.0. The molecule has 0 N–H and O–H groups in total.